The van der Waals surface area contributed by atoms with E-state index in [9.17, 15) is 24.4 Å². The summed E-state index contributed by atoms with van der Waals surface area (Å²) in [6.45, 7) is -1.48. The Morgan fingerprint density at radius 1 is 1.20 bits per heavy atom. The molecule has 2 aliphatic heterocycles. The van der Waals surface area contributed by atoms with Crippen LogP contribution in [0.4, 0.5) is 11.8 Å². The van der Waals surface area contributed by atoms with Gasteiger partial charge in [-0.25, -0.2) is 24.5 Å². The lowest BCUT2D eigenvalue weighted by molar-refractivity contribution is -0.118. The van der Waals surface area contributed by atoms with E-state index in [4.69, 9.17) is 24.3 Å². The van der Waals surface area contributed by atoms with Crippen LogP contribution in [0.2, 0.25) is 0 Å². The molecule has 242 valence electrons. The molecule has 4 aromatic rings. The maximum absolute atomic E-state index is 13.4. The van der Waals surface area contributed by atoms with Crippen LogP contribution in [0.1, 0.15) is 39.1 Å². The van der Waals surface area contributed by atoms with Crippen molar-refractivity contribution in [2.75, 3.05) is 24.3 Å². The van der Waals surface area contributed by atoms with Crippen molar-refractivity contribution >= 4 is 59.0 Å². The zero-order chi connectivity index (χ0) is 32.0. The maximum atomic E-state index is 13.4. The van der Waals surface area contributed by atoms with Gasteiger partial charge < -0.3 is 25.4 Å². The van der Waals surface area contributed by atoms with Crippen molar-refractivity contribution < 1.29 is 38.1 Å². The monoisotopic (exact) mass is 666 g/mol. The Hall–Kier alpha value is -3.49. The van der Waals surface area contributed by atoms with Gasteiger partial charge in [-0.15, -0.1) is 0 Å². The SMILES string of the molecule is CC(C)C(=O)Nc1nc2c(ncn2[C@@H]2O[C@H](CO)C[C@@H]2OP(=O)(S)OC[C@H]2O[C@@H](n3cnc4c(N)ncnc43)C[C@H]2O)c(=O)[nH]1. The number of fused-ring (bicyclic) bond motifs is 2. The summed E-state index contributed by atoms with van der Waals surface area (Å²) in [7, 11) is 0. The number of carbonyl (C=O) groups excluding carboxylic acids is 1. The van der Waals surface area contributed by atoms with Crippen LogP contribution >= 0.6 is 19.0 Å². The van der Waals surface area contributed by atoms with E-state index in [-0.39, 0.29) is 60.8 Å². The maximum Gasteiger partial charge on any atom is 0.386 e. The predicted molar refractivity (Wildman–Crippen MR) is 159 cm³/mol. The fraction of sp³-hybridized carbons (Fsp3) is 0.542. The number of nitrogens with one attached hydrogen (secondary N) is 2. The van der Waals surface area contributed by atoms with Crippen LogP contribution in [0.15, 0.2) is 23.8 Å². The molecule has 0 bridgehead atoms. The highest BCUT2D eigenvalue weighted by molar-refractivity contribution is 8.44. The lowest BCUT2D eigenvalue weighted by Gasteiger charge is -2.24. The third kappa shape index (κ3) is 6.32. The molecule has 0 aromatic carbocycles. The second kappa shape index (κ2) is 12.4. The van der Waals surface area contributed by atoms with Gasteiger partial charge in [0, 0.05) is 18.8 Å². The minimum absolute atomic E-state index is 0.0422. The van der Waals surface area contributed by atoms with Gasteiger partial charge in [0.1, 0.15) is 30.3 Å². The number of amides is 1. The molecule has 6 rings (SSSR count). The summed E-state index contributed by atoms with van der Waals surface area (Å²) in [4.78, 5) is 48.1. The van der Waals surface area contributed by atoms with Gasteiger partial charge in [-0.3, -0.25) is 38.1 Å². The number of aliphatic hydroxyl groups is 2. The highest BCUT2D eigenvalue weighted by Gasteiger charge is 2.43. The smallest absolute Gasteiger partial charge is 0.386 e. The van der Waals surface area contributed by atoms with E-state index in [2.05, 4.69) is 47.5 Å². The van der Waals surface area contributed by atoms with Gasteiger partial charge in [-0.2, -0.15) is 4.98 Å². The van der Waals surface area contributed by atoms with Crippen molar-refractivity contribution in [3.05, 3.63) is 29.3 Å². The number of aliphatic hydroxyl groups excluding tert-OH is 2. The Bertz CT molecular complexity index is 1830. The number of anilines is 2. The number of hydrogen-bond donors (Lipinski definition) is 6. The average molecular weight is 667 g/mol. The molecule has 1 amide bonds. The van der Waals surface area contributed by atoms with Crippen molar-refractivity contribution in [2.45, 2.75) is 63.6 Å². The zero-order valence-corrected chi connectivity index (χ0v) is 25.7. The first-order chi connectivity index (χ1) is 21.4. The topological polar surface area (TPSA) is 257 Å². The summed E-state index contributed by atoms with van der Waals surface area (Å²) in [5, 5.41) is 23.0. The average Bonchev–Trinajstić information content (AvgIpc) is 3.77. The fourth-order valence-corrected chi connectivity index (χ4v) is 6.58. The van der Waals surface area contributed by atoms with Crippen LogP contribution in [0.5, 0.6) is 0 Å². The number of H-pyrrole nitrogens is 1. The van der Waals surface area contributed by atoms with Crippen LogP contribution < -0.4 is 16.6 Å². The molecule has 2 aliphatic rings. The molecule has 7 atom stereocenters. The van der Waals surface area contributed by atoms with Gasteiger partial charge in [-0.05, 0) is 0 Å². The summed E-state index contributed by atoms with van der Waals surface area (Å²) >= 11 is 4.13. The molecular formula is C24H31N10O9PS. The van der Waals surface area contributed by atoms with Crippen LogP contribution in [0.3, 0.4) is 0 Å². The number of ether oxygens (including phenoxy) is 2. The van der Waals surface area contributed by atoms with Gasteiger partial charge in [0.15, 0.2) is 28.9 Å². The summed E-state index contributed by atoms with van der Waals surface area (Å²) in [6.07, 6.45) is -1.03. The molecule has 2 saturated heterocycles. The molecule has 1 unspecified atom stereocenters. The molecular weight excluding hydrogens is 635 g/mol. The molecule has 0 radical (unpaired) electrons. The number of rotatable bonds is 10. The highest BCUT2D eigenvalue weighted by atomic mass is 32.7. The number of nitrogens with two attached hydrogens (primary N) is 1. The Balaban J connectivity index is 1.16. The third-order valence-electron chi connectivity index (χ3n) is 7.39. The number of carbonyl (C=O) groups is 1. The Labute approximate surface area is 259 Å². The van der Waals surface area contributed by atoms with Crippen LogP contribution in [0.25, 0.3) is 22.3 Å². The van der Waals surface area contributed by atoms with Crippen molar-refractivity contribution in [1.29, 1.82) is 0 Å². The number of aromatic nitrogens is 8. The summed E-state index contributed by atoms with van der Waals surface area (Å²) < 4.78 is 39.6. The first-order valence-electron chi connectivity index (χ1n) is 13.9. The van der Waals surface area contributed by atoms with Crippen LogP contribution in [-0.2, 0) is 27.9 Å². The summed E-state index contributed by atoms with van der Waals surface area (Å²) in [6, 6.07) is 0. The highest BCUT2D eigenvalue weighted by Crippen LogP contribution is 2.57. The van der Waals surface area contributed by atoms with Gasteiger partial charge in [0.05, 0.1) is 38.1 Å². The molecule has 2 fully saturated rings. The first kappa shape index (κ1) is 31.5. The third-order valence-corrected chi connectivity index (χ3v) is 9.04. The number of thiol groups is 1. The van der Waals surface area contributed by atoms with Gasteiger partial charge in [0.25, 0.3) is 5.56 Å². The summed E-state index contributed by atoms with van der Waals surface area (Å²) in [5.74, 6) is -0.635. The van der Waals surface area contributed by atoms with E-state index >= 15 is 0 Å². The Morgan fingerprint density at radius 2 is 1.96 bits per heavy atom. The van der Waals surface area contributed by atoms with Crippen molar-refractivity contribution in [2.24, 2.45) is 5.92 Å². The van der Waals surface area contributed by atoms with E-state index < -0.39 is 49.2 Å². The van der Waals surface area contributed by atoms with Gasteiger partial charge in [0.2, 0.25) is 11.9 Å². The first-order valence-corrected chi connectivity index (χ1v) is 16.6. The van der Waals surface area contributed by atoms with Crippen molar-refractivity contribution in [1.82, 2.24) is 39.0 Å². The zero-order valence-electron chi connectivity index (χ0n) is 24.0. The van der Waals surface area contributed by atoms with E-state index in [1.807, 2.05) is 0 Å². The largest absolute Gasteiger partial charge is 0.394 e. The van der Waals surface area contributed by atoms with Gasteiger partial charge in [-0.1, -0.05) is 26.1 Å². The molecule has 21 heteroatoms. The molecule has 19 nitrogen and oxygen atoms in total. The Kier molecular flexibility index (Phi) is 8.65. The predicted octanol–water partition coefficient (Wildman–Crippen LogP) is 0.504. The number of hydrogen-bond acceptors (Lipinski definition) is 15. The lowest BCUT2D eigenvalue weighted by atomic mass is 10.2. The molecule has 0 aliphatic carbocycles. The fourth-order valence-electron chi connectivity index (χ4n) is 5.09. The Morgan fingerprint density at radius 3 is 2.71 bits per heavy atom. The number of nitrogen functional groups attached to an aromatic ring is 1. The van der Waals surface area contributed by atoms with Gasteiger partial charge >= 0.3 is 6.80 Å². The number of aromatic amines is 1. The second-order valence-electron chi connectivity index (χ2n) is 10.9. The van der Waals surface area contributed by atoms with E-state index in [1.165, 1.54) is 23.5 Å². The molecule has 0 spiro atoms. The van der Waals surface area contributed by atoms with Crippen LogP contribution in [-0.4, -0.2) is 92.8 Å². The molecule has 4 aromatic heterocycles. The second-order valence-corrected chi connectivity index (χ2v) is 13.7. The van der Waals surface area contributed by atoms with E-state index in [1.54, 1.807) is 18.4 Å². The number of imidazole rings is 2. The standard InChI is InChI=1S/C24H31N10O9PS/c1-10(2)21(37)31-24-30-20-17(22(38)32-24)29-9-34(20)23-13(3-11(5-35)41-23)43-44(39,45)40-6-14-12(36)4-15(42-14)33-8-28-16-18(25)26-7-27-19(16)33/h7-15,23,35-36H,3-6H2,1-2H3,(H,39,45)(H2,25,26,27)(H2,30,31,32,37,38)/t11-,12+,13-,14+,15+,23+,44?/m0/s1. The summed E-state index contributed by atoms with van der Waals surface area (Å²) in [5.41, 5.74) is 6.07. The van der Waals surface area contributed by atoms with Crippen molar-refractivity contribution in [3.63, 3.8) is 0 Å². The lowest BCUT2D eigenvalue weighted by Crippen LogP contribution is -2.27. The van der Waals surface area contributed by atoms with E-state index in [0.717, 1.165) is 0 Å². The normalized spacial score (nSPS) is 26.6. The number of nitrogens with zero attached hydrogens (tertiary/aromatic N) is 7. The molecule has 0 saturated carbocycles. The van der Waals surface area contributed by atoms with Crippen LogP contribution in [0, 0.1) is 5.92 Å². The molecule has 6 N–H and O–H groups in total. The molecule has 45 heavy (non-hydrogen) atoms. The van der Waals surface area contributed by atoms with Crippen molar-refractivity contribution in [3.8, 4) is 0 Å². The quantitative estimate of drug-likeness (QED) is 0.0995. The minimum atomic E-state index is -4.13. The van der Waals surface area contributed by atoms with E-state index in [0.29, 0.717) is 11.2 Å². The minimum Gasteiger partial charge on any atom is -0.394 e. The molecule has 6 heterocycles.